The highest BCUT2D eigenvalue weighted by Crippen LogP contribution is 2.45. The minimum Gasteiger partial charge on any atom is -0.481 e. The zero-order valence-electron chi connectivity index (χ0n) is 30.9. The summed E-state index contributed by atoms with van der Waals surface area (Å²) in [4.78, 5) is 20.8. The second kappa shape index (κ2) is 14.6. The number of furan rings is 1. The normalized spacial score (nSPS) is 20.3. The van der Waals surface area contributed by atoms with E-state index in [9.17, 15) is 15.2 Å². The molecule has 1 aliphatic carbocycles. The second-order valence-electron chi connectivity index (χ2n) is 15.4. The first-order chi connectivity index (χ1) is 27.1. The number of methoxy groups -OCH3 is 1. The molecule has 0 bridgehead atoms. The van der Waals surface area contributed by atoms with E-state index < -0.39 is 0 Å². The van der Waals surface area contributed by atoms with E-state index in [1.54, 1.807) is 23.9 Å². The smallest absolute Gasteiger partial charge is 0.236 e. The number of nitrogens with zero attached hydrogens (tertiary/aromatic N) is 5. The van der Waals surface area contributed by atoms with E-state index in [4.69, 9.17) is 42.5 Å². The van der Waals surface area contributed by atoms with E-state index in [-0.39, 0.29) is 29.1 Å². The van der Waals surface area contributed by atoms with Crippen LogP contribution in [0.2, 0.25) is 10.0 Å². The Bertz CT molecular complexity index is 2490. The summed E-state index contributed by atoms with van der Waals surface area (Å²) in [6.45, 7) is 4.79. The molecule has 3 saturated heterocycles. The van der Waals surface area contributed by atoms with Crippen molar-refractivity contribution < 1.29 is 23.8 Å². The van der Waals surface area contributed by atoms with E-state index >= 15 is 0 Å². The molecule has 6 heterocycles. The van der Waals surface area contributed by atoms with Crippen LogP contribution in [0.4, 0.5) is 0 Å². The average molecular weight is 795 g/mol. The molecule has 2 aromatic carbocycles. The number of hydrogen-bond acceptors (Lipinski definition) is 10. The van der Waals surface area contributed by atoms with Gasteiger partial charge in [0.25, 0.3) is 0 Å². The van der Waals surface area contributed by atoms with Gasteiger partial charge >= 0.3 is 0 Å². The summed E-state index contributed by atoms with van der Waals surface area (Å²) < 4.78 is 20.2. The highest BCUT2D eigenvalue weighted by atomic mass is 35.5. The van der Waals surface area contributed by atoms with Gasteiger partial charge in [-0.3, -0.25) is 20.0 Å². The van der Waals surface area contributed by atoms with Gasteiger partial charge in [0.2, 0.25) is 17.7 Å². The van der Waals surface area contributed by atoms with E-state index in [0.29, 0.717) is 82.3 Å². The number of amides is 1. The number of ether oxygens (including phenoxy) is 2. The molecule has 3 fully saturated rings. The predicted octanol–water partition coefficient (Wildman–Crippen LogP) is 6.23. The Morgan fingerprint density at radius 1 is 1.07 bits per heavy atom. The van der Waals surface area contributed by atoms with Gasteiger partial charge in [-0.05, 0) is 60.6 Å². The Morgan fingerprint density at radius 3 is 2.62 bits per heavy atom. The van der Waals surface area contributed by atoms with Crippen molar-refractivity contribution in [3.8, 4) is 40.3 Å². The van der Waals surface area contributed by atoms with Crippen LogP contribution >= 0.6 is 23.2 Å². The Hall–Kier alpha value is -4.90. The number of aliphatic hydroxyl groups excluding tert-OH is 1. The monoisotopic (exact) mass is 793 g/mol. The zero-order valence-corrected chi connectivity index (χ0v) is 32.4. The van der Waals surface area contributed by atoms with E-state index in [1.807, 2.05) is 30.3 Å². The molecule has 3 aliphatic heterocycles. The minimum atomic E-state index is -0.325. The number of pyridine rings is 2. The Labute approximate surface area is 333 Å². The molecular weight excluding hydrogens is 753 g/mol. The third-order valence-corrected chi connectivity index (χ3v) is 12.4. The summed E-state index contributed by atoms with van der Waals surface area (Å²) >= 11 is 14.0. The fourth-order valence-corrected chi connectivity index (χ4v) is 9.48. The highest BCUT2D eigenvalue weighted by Gasteiger charge is 2.47. The van der Waals surface area contributed by atoms with Gasteiger partial charge in [-0.15, -0.1) is 0 Å². The van der Waals surface area contributed by atoms with Crippen LogP contribution in [0, 0.1) is 16.7 Å². The SMILES string of the molecule is COc1nc(O[C@H]2CCc3c(-c4cccc(-c5cc6c(=N)n(CCN7CC8(CCC(=O)N8)C7)cc(C#N)c6o5)c4Cl)cccc32)c(Cl)cc1CN1CC[C@@H](O)C1. The number of nitrogens with one attached hydrogen (secondary N) is 2. The number of β-amino-alcohol motifs (C(OH)–C–C–N with tert-alkyl or cyclic N) is 1. The molecule has 0 saturated carbocycles. The lowest BCUT2D eigenvalue weighted by molar-refractivity contribution is -0.120. The molecule has 2 atom stereocenters. The standard InChI is InChI=1S/C42H41Cl2N7O5/c1-54-40-24(19-49-13-11-26(52)21-49)16-33(43)41(47-40)56-34-9-8-28-27(4-2-5-29(28)34)30-6-3-7-31(37(30)44)35-17-32-38(55-35)25(18-45)20-51(39(32)46)15-14-50-22-42(23-50)12-10-36(53)48-42/h2-7,16-17,20,26,34,46,52H,8-15,19,21-23H2,1H3,(H,48,53)/t26-,34+/m1/s1. The molecule has 1 spiro atoms. The number of halogens is 2. The quantitative estimate of drug-likeness (QED) is 0.150. The minimum absolute atomic E-state index is 0.108. The van der Waals surface area contributed by atoms with Gasteiger partial charge in [-0.1, -0.05) is 53.5 Å². The van der Waals surface area contributed by atoms with Crippen molar-refractivity contribution in [2.24, 2.45) is 0 Å². The van der Waals surface area contributed by atoms with Crippen molar-refractivity contribution in [3.63, 3.8) is 0 Å². The summed E-state index contributed by atoms with van der Waals surface area (Å²) in [5.41, 5.74) is 6.32. The van der Waals surface area contributed by atoms with E-state index in [1.165, 1.54) is 0 Å². The first-order valence-electron chi connectivity index (χ1n) is 19.0. The van der Waals surface area contributed by atoms with Gasteiger partial charge in [0, 0.05) is 75.1 Å². The van der Waals surface area contributed by atoms with Crippen LogP contribution in [0.25, 0.3) is 33.4 Å². The molecule has 4 aliphatic rings. The third-order valence-electron chi connectivity index (χ3n) is 11.7. The lowest BCUT2D eigenvalue weighted by Gasteiger charge is -2.48. The molecular formula is C42H41Cl2N7O5. The second-order valence-corrected chi connectivity index (χ2v) is 16.2. The van der Waals surface area contributed by atoms with Crippen LogP contribution < -0.4 is 20.3 Å². The van der Waals surface area contributed by atoms with Gasteiger partial charge < -0.3 is 28.9 Å². The summed E-state index contributed by atoms with van der Waals surface area (Å²) in [6.07, 6.45) is 4.73. The summed E-state index contributed by atoms with van der Waals surface area (Å²) in [6, 6.07) is 17.8. The van der Waals surface area contributed by atoms with Gasteiger partial charge in [-0.2, -0.15) is 10.2 Å². The molecule has 9 rings (SSSR count). The Kier molecular flexibility index (Phi) is 9.54. The maximum absolute atomic E-state index is 11.8. The van der Waals surface area contributed by atoms with Crippen LogP contribution in [0.5, 0.6) is 11.8 Å². The van der Waals surface area contributed by atoms with Gasteiger partial charge in [0.05, 0.1) is 29.2 Å². The average Bonchev–Trinajstić information content (AvgIpc) is 3.99. The van der Waals surface area contributed by atoms with Crippen LogP contribution in [-0.4, -0.2) is 81.8 Å². The zero-order chi connectivity index (χ0) is 38.7. The molecule has 14 heteroatoms. The molecule has 0 unspecified atom stereocenters. The van der Waals surface area contributed by atoms with Gasteiger partial charge in [0.15, 0.2) is 5.58 Å². The summed E-state index contributed by atoms with van der Waals surface area (Å²) in [5, 5.41) is 33.7. The van der Waals surface area contributed by atoms with Gasteiger partial charge in [-0.25, -0.2) is 0 Å². The van der Waals surface area contributed by atoms with Crippen molar-refractivity contribution in [2.75, 3.05) is 39.8 Å². The number of benzene rings is 2. The predicted molar refractivity (Wildman–Crippen MR) is 211 cm³/mol. The lowest BCUT2D eigenvalue weighted by atomic mass is 9.88. The molecule has 5 aromatic rings. The number of rotatable bonds is 10. The van der Waals surface area contributed by atoms with Crippen LogP contribution in [-0.2, 0) is 24.3 Å². The van der Waals surface area contributed by atoms with Crippen LogP contribution in [0.3, 0.4) is 0 Å². The van der Waals surface area contributed by atoms with Crippen molar-refractivity contribution in [3.05, 3.63) is 92.5 Å². The fourth-order valence-electron chi connectivity index (χ4n) is 8.94. The number of likely N-dealkylation sites (tertiary alicyclic amines) is 2. The molecule has 12 nitrogen and oxygen atoms in total. The van der Waals surface area contributed by atoms with E-state index in [2.05, 4.69) is 38.3 Å². The molecule has 288 valence electrons. The van der Waals surface area contributed by atoms with Crippen molar-refractivity contribution in [1.82, 2.24) is 24.7 Å². The maximum Gasteiger partial charge on any atom is 0.236 e. The molecule has 3 N–H and O–H groups in total. The van der Waals surface area contributed by atoms with Crippen molar-refractivity contribution in [2.45, 2.75) is 62.9 Å². The van der Waals surface area contributed by atoms with Crippen LogP contribution in [0.15, 0.2) is 59.1 Å². The number of aliphatic hydroxyl groups is 1. The first-order valence-corrected chi connectivity index (χ1v) is 19.7. The largest absolute Gasteiger partial charge is 0.481 e. The van der Waals surface area contributed by atoms with Crippen molar-refractivity contribution in [1.29, 1.82) is 10.7 Å². The number of carbonyl (C=O) groups excluding carboxylic acids is 1. The van der Waals surface area contributed by atoms with Crippen molar-refractivity contribution >= 4 is 40.1 Å². The maximum atomic E-state index is 11.8. The summed E-state index contributed by atoms with van der Waals surface area (Å²) in [5.74, 6) is 1.34. The van der Waals surface area contributed by atoms with Gasteiger partial charge in [0.1, 0.15) is 34.0 Å². The number of carbonyl (C=O) groups is 1. The Morgan fingerprint density at radius 2 is 1.88 bits per heavy atom. The fraction of sp³-hybridized carbons (Fsp3) is 0.381. The molecule has 1 amide bonds. The third kappa shape index (κ3) is 6.61. The number of aromatic nitrogens is 2. The highest BCUT2D eigenvalue weighted by molar-refractivity contribution is 6.36. The van der Waals surface area contributed by atoms with E-state index in [0.717, 1.165) is 73.1 Å². The molecule has 3 aromatic heterocycles. The lowest BCUT2D eigenvalue weighted by Crippen LogP contribution is -2.67. The number of nitriles is 1. The van der Waals surface area contributed by atoms with Crippen LogP contribution in [0.1, 0.15) is 54.0 Å². The first kappa shape index (κ1) is 36.7. The topological polar surface area (TPSA) is 153 Å². The summed E-state index contributed by atoms with van der Waals surface area (Å²) in [7, 11) is 1.58. The molecule has 56 heavy (non-hydrogen) atoms. The number of fused-ring (bicyclic) bond motifs is 2. The Balaban J connectivity index is 0.960. The molecule has 0 radical (unpaired) electrons. The number of hydrogen-bond donors (Lipinski definition) is 3.